The molecule has 0 aliphatic rings. The van der Waals surface area contributed by atoms with Crippen LogP contribution < -0.4 is 5.32 Å². The topological polar surface area (TPSA) is 67.6 Å². The summed E-state index contributed by atoms with van der Waals surface area (Å²) in [7, 11) is 3.68. The average molecular weight is 281 g/mol. The van der Waals surface area contributed by atoms with Crippen molar-refractivity contribution >= 4 is 11.4 Å². The van der Waals surface area contributed by atoms with Crippen molar-refractivity contribution in [3.63, 3.8) is 0 Å². The minimum Gasteiger partial charge on any atom is -0.382 e. The van der Waals surface area contributed by atoms with Gasteiger partial charge >= 0.3 is 0 Å². The maximum atomic E-state index is 11.0. The van der Waals surface area contributed by atoms with Crippen molar-refractivity contribution in [1.29, 1.82) is 0 Å². The van der Waals surface area contributed by atoms with Crippen LogP contribution in [-0.4, -0.2) is 43.2 Å². The van der Waals surface area contributed by atoms with Crippen LogP contribution >= 0.6 is 0 Å². The molecule has 1 aromatic rings. The summed E-state index contributed by atoms with van der Waals surface area (Å²) in [6.07, 6.45) is 0.217. The van der Waals surface area contributed by atoms with Gasteiger partial charge in [0, 0.05) is 26.2 Å². The molecule has 0 atom stereocenters. The lowest BCUT2D eigenvalue weighted by Gasteiger charge is -2.19. The predicted octanol–water partition coefficient (Wildman–Crippen LogP) is 2.49. The Morgan fingerprint density at radius 3 is 2.70 bits per heavy atom. The van der Waals surface area contributed by atoms with Gasteiger partial charge in [-0.1, -0.05) is 12.1 Å². The van der Waals surface area contributed by atoms with Crippen LogP contribution in [-0.2, 0) is 11.3 Å². The Morgan fingerprint density at radius 1 is 1.45 bits per heavy atom. The summed E-state index contributed by atoms with van der Waals surface area (Å²) in [6.45, 7) is 6.07. The van der Waals surface area contributed by atoms with Gasteiger partial charge < -0.3 is 10.1 Å². The van der Waals surface area contributed by atoms with Crippen molar-refractivity contribution in [3.8, 4) is 0 Å². The van der Waals surface area contributed by atoms with Crippen LogP contribution in [0.15, 0.2) is 18.2 Å². The molecule has 1 rings (SSSR count). The normalized spacial score (nSPS) is 11.1. The summed E-state index contributed by atoms with van der Waals surface area (Å²) in [5, 5.41) is 13.9. The first kappa shape index (κ1) is 16.4. The molecule has 0 saturated heterocycles. The number of nitro groups is 1. The molecule has 1 aromatic carbocycles. The Hall–Kier alpha value is -1.66. The fourth-order valence-corrected chi connectivity index (χ4v) is 1.97. The molecule has 0 saturated carbocycles. The van der Waals surface area contributed by atoms with Gasteiger partial charge in [0.1, 0.15) is 5.69 Å². The van der Waals surface area contributed by atoms with Crippen molar-refractivity contribution in [3.05, 3.63) is 33.9 Å². The van der Waals surface area contributed by atoms with Crippen LogP contribution in [0.5, 0.6) is 0 Å². The van der Waals surface area contributed by atoms with Gasteiger partial charge in [0.25, 0.3) is 5.69 Å². The Bertz CT molecular complexity index is 449. The summed E-state index contributed by atoms with van der Waals surface area (Å²) in [4.78, 5) is 12.7. The predicted molar refractivity (Wildman–Crippen MR) is 80.1 cm³/mol. The molecule has 6 heteroatoms. The Labute approximate surface area is 119 Å². The molecule has 0 aliphatic heterocycles. The lowest BCUT2D eigenvalue weighted by Crippen LogP contribution is -2.24. The zero-order valence-corrected chi connectivity index (χ0v) is 12.5. The number of nitrogens with zero attached hydrogens (tertiary/aromatic N) is 2. The van der Waals surface area contributed by atoms with Crippen molar-refractivity contribution in [1.82, 2.24) is 4.90 Å². The summed E-state index contributed by atoms with van der Waals surface area (Å²) in [6, 6.07) is 5.13. The summed E-state index contributed by atoms with van der Waals surface area (Å²) in [5.41, 5.74) is 1.60. The molecule has 0 unspecified atom stereocenters. The summed E-state index contributed by atoms with van der Waals surface area (Å²) >= 11 is 0. The maximum Gasteiger partial charge on any atom is 0.292 e. The molecule has 20 heavy (non-hydrogen) atoms. The van der Waals surface area contributed by atoms with Crippen LogP contribution in [0, 0.1) is 10.1 Å². The molecule has 0 spiro atoms. The van der Waals surface area contributed by atoms with Crippen molar-refractivity contribution in [2.24, 2.45) is 0 Å². The average Bonchev–Trinajstić information content (AvgIpc) is 2.37. The first-order chi connectivity index (χ1) is 9.45. The van der Waals surface area contributed by atoms with E-state index in [2.05, 4.69) is 10.2 Å². The number of anilines is 1. The van der Waals surface area contributed by atoms with Gasteiger partial charge in [0.05, 0.1) is 17.6 Å². The monoisotopic (exact) mass is 281 g/mol. The second-order valence-electron chi connectivity index (χ2n) is 4.98. The molecule has 6 nitrogen and oxygen atoms in total. The number of rotatable bonds is 8. The first-order valence-electron chi connectivity index (χ1n) is 6.70. The number of hydrogen-bond acceptors (Lipinski definition) is 5. The molecular weight excluding hydrogens is 258 g/mol. The molecule has 1 N–H and O–H groups in total. The zero-order valence-electron chi connectivity index (χ0n) is 12.5. The molecular formula is C14H23N3O3. The van der Waals surface area contributed by atoms with E-state index >= 15 is 0 Å². The van der Waals surface area contributed by atoms with E-state index in [1.807, 2.05) is 27.0 Å². The Kier molecular flexibility index (Phi) is 6.41. The highest BCUT2D eigenvalue weighted by molar-refractivity contribution is 5.66. The van der Waals surface area contributed by atoms with Gasteiger partial charge in [0.2, 0.25) is 0 Å². The lowest BCUT2D eigenvalue weighted by atomic mass is 10.1. The van der Waals surface area contributed by atoms with Gasteiger partial charge in [-0.15, -0.1) is 0 Å². The van der Waals surface area contributed by atoms with E-state index in [1.54, 1.807) is 13.1 Å². The largest absolute Gasteiger partial charge is 0.382 e. The van der Waals surface area contributed by atoms with E-state index in [4.69, 9.17) is 4.74 Å². The molecule has 0 fully saturated rings. The molecule has 0 bridgehead atoms. The number of nitrogens with one attached hydrogen (secondary N) is 1. The highest BCUT2D eigenvalue weighted by Crippen LogP contribution is 2.28. The highest BCUT2D eigenvalue weighted by Gasteiger charge is 2.16. The third kappa shape index (κ3) is 4.79. The number of hydrogen-bond donors (Lipinski definition) is 1. The maximum absolute atomic E-state index is 11.0. The summed E-state index contributed by atoms with van der Waals surface area (Å²) in [5.74, 6) is 0. The molecule has 0 aromatic heterocycles. The summed E-state index contributed by atoms with van der Waals surface area (Å²) < 4.78 is 5.50. The van der Waals surface area contributed by atoms with E-state index in [1.165, 1.54) is 6.07 Å². The third-order valence-corrected chi connectivity index (χ3v) is 2.94. The smallest absolute Gasteiger partial charge is 0.292 e. The van der Waals surface area contributed by atoms with Gasteiger partial charge in [-0.05, 0) is 26.5 Å². The second-order valence-corrected chi connectivity index (χ2v) is 4.98. The van der Waals surface area contributed by atoms with Crippen LogP contribution in [0.1, 0.15) is 19.4 Å². The van der Waals surface area contributed by atoms with Crippen molar-refractivity contribution in [2.75, 3.05) is 32.6 Å². The van der Waals surface area contributed by atoms with Crippen LogP contribution in [0.25, 0.3) is 0 Å². The van der Waals surface area contributed by atoms with E-state index in [-0.39, 0.29) is 16.7 Å². The Balaban J connectivity index is 2.71. The van der Waals surface area contributed by atoms with E-state index in [0.717, 1.165) is 12.1 Å². The minimum atomic E-state index is -0.364. The first-order valence-corrected chi connectivity index (χ1v) is 6.70. The minimum absolute atomic E-state index is 0.108. The van der Waals surface area contributed by atoms with Crippen LogP contribution in [0.4, 0.5) is 11.4 Å². The molecule has 112 valence electrons. The standard InChI is InChI=1S/C14H23N3O3/c1-11(2)20-9-8-16(4)10-12-6-5-7-13(17(18)19)14(12)15-3/h5-7,11,15H,8-10H2,1-4H3. The molecule has 0 aliphatic carbocycles. The molecule has 0 heterocycles. The molecule has 0 radical (unpaired) electrons. The van der Waals surface area contributed by atoms with Gasteiger partial charge in [-0.2, -0.15) is 0 Å². The van der Waals surface area contributed by atoms with Gasteiger partial charge in [-0.25, -0.2) is 0 Å². The van der Waals surface area contributed by atoms with Gasteiger partial charge in [-0.3, -0.25) is 15.0 Å². The van der Waals surface area contributed by atoms with Crippen LogP contribution in [0.3, 0.4) is 0 Å². The number of ether oxygens (including phenoxy) is 1. The van der Waals surface area contributed by atoms with Crippen molar-refractivity contribution < 1.29 is 9.66 Å². The zero-order chi connectivity index (χ0) is 15.1. The fourth-order valence-electron chi connectivity index (χ4n) is 1.97. The highest BCUT2D eigenvalue weighted by atomic mass is 16.6. The Morgan fingerprint density at radius 2 is 2.15 bits per heavy atom. The fraction of sp³-hybridized carbons (Fsp3) is 0.571. The van der Waals surface area contributed by atoms with E-state index < -0.39 is 0 Å². The SMILES string of the molecule is CNc1c(CN(C)CCOC(C)C)cccc1[N+](=O)[O-]. The van der Waals surface area contributed by atoms with Crippen molar-refractivity contribution in [2.45, 2.75) is 26.5 Å². The number of likely N-dealkylation sites (N-methyl/N-ethyl adjacent to an activating group) is 1. The lowest BCUT2D eigenvalue weighted by molar-refractivity contribution is -0.384. The van der Waals surface area contributed by atoms with Gasteiger partial charge in [0.15, 0.2) is 0 Å². The van der Waals surface area contributed by atoms with Crippen LogP contribution in [0.2, 0.25) is 0 Å². The quantitative estimate of drug-likeness (QED) is 0.585. The number of benzene rings is 1. The van der Waals surface area contributed by atoms with E-state index in [0.29, 0.717) is 18.8 Å². The second kappa shape index (κ2) is 7.81. The number of nitro benzene ring substituents is 1. The van der Waals surface area contributed by atoms with E-state index in [9.17, 15) is 10.1 Å². The third-order valence-electron chi connectivity index (χ3n) is 2.94. The molecule has 0 amide bonds. The number of para-hydroxylation sites is 1.